The monoisotopic (exact) mass is 233 g/mol. The molecule has 0 unspecified atom stereocenters. The zero-order valence-electron chi connectivity index (χ0n) is 10.2. The zero-order chi connectivity index (χ0) is 11.9. The van der Waals surface area contributed by atoms with Gasteiger partial charge in [-0.1, -0.05) is 12.2 Å². The van der Waals surface area contributed by atoms with Crippen LogP contribution in [0.2, 0.25) is 0 Å². The third-order valence-corrected chi connectivity index (χ3v) is 4.85. The van der Waals surface area contributed by atoms with Gasteiger partial charge in [0, 0.05) is 0 Å². The predicted molar refractivity (Wildman–Crippen MR) is 65.8 cm³/mol. The molecule has 0 spiro atoms. The van der Waals surface area contributed by atoms with Crippen LogP contribution in [0.4, 0.5) is 0 Å². The molecule has 0 aromatic carbocycles. The fourth-order valence-corrected chi connectivity index (χ4v) is 2.05. The minimum Gasteiger partial charge on any atom is -0.319 e. The molecule has 0 aromatic heterocycles. The van der Waals surface area contributed by atoms with Crippen molar-refractivity contribution in [3.05, 3.63) is 12.2 Å². The van der Waals surface area contributed by atoms with Gasteiger partial charge >= 0.3 is 0 Å². The molecular formula is C11H23NO2S. The lowest BCUT2D eigenvalue weighted by molar-refractivity contribution is 0.560. The van der Waals surface area contributed by atoms with Crippen LogP contribution in [0.25, 0.3) is 0 Å². The molecule has 15 heavy (non-hydrogen) atoms. The van der Waals surface area contributed by atoms with Gasteiger partial charge in [0.25, 0.3) is 0 Å². The van der Waals surface area contributed by atoms with Crippen LogP contribution < -0.4 is 5.32 Å². The molecule has 0 rings (SSSR count). The average Bonchev–Trinajstić information content (AvgIpc) is 2.09. The first-order chi connectivity index (χ1) is 6.81. The second-order valence-electron chi connectivity index (χ2n) is 4.58. The Balaban J connectivity index is 3.92. The van der Waals surface area contributed by atoms with E-state index in [-0.39, 0.29) is 5.75 Å². The Labute approximate surface area is 93.9 Å². The van der Waals surface area contributed by atoms with E-state index >= 15 is 0 Å². The van der Waals surface area contributed by atoms with Gasteiger partial charge in [-0.25, -0.2) is 8.42 Å². The van der Waals surface area contributed by atoms with E-state index in [9.17, 15) is 8.42 Å². The fraction of sp³-hybridized carbons (Fsp3) is 0.818. The molecule has 3 nitrogen and oxygen atoms in total. The standard InChI is InChI=1S/C11H23NO2S/c1-11(2,3)15(13,14)10-8-6-5-7-9-12-4/h5-6,12H,7-10H2,1-4H3/b6-5+. The molecule has 0 aromatic rings. The number of sulfone groups is 1. The maximum absolute atomic E-state index is 11.7. The topological polar surface area (TPSA) is 46.2 Å². The summed E-state index contributed by atoms with van der Waals surface area (Å²) in [6.45, 7) is 6.16. The number of nitrogens with one attached hydrogen (secondary N) is 1. The minimum atomic E-state index is -2.96. The summed E-state index contributed by atoms with van der Waals surface area (Å²) in [7, 11) is -1.06. The third kappa shape index (κ3) is 5.95. The first kappa shape index (κ1) is 14.6. The molecule has 0 aliphatic carbocycles. The van der Waals surface area contributed by atoms with Crippen molar-refractivity contribution in [2.75, 3.05) is 19.3 Å². The molecule has 90 valence electrons. The number of hydrogen-bond acceptors (Lipinski definition) is 3. The smallest absolute Gasteiger partial charge is 0.155 e. The van der Waals surface area contributed by atoms with Crippen LogP contribution in [0, 0.1) is 0 Å². The van der Waals surface area contributed by atoms with Gasteiger partial charge in [-0.05, 0) is 47.2 Å². The summed E-state index contributed by atoms with van der Waals surface area (Å²) in [6.07, 6.45) is 5.53. The highest BCUT2D eigenvalue weighted by Crippen LogP contribution is 2.16. The maximum atomic E-state index is 11.7. The molecule has 0 aliphatic heterocycles. The summed E-state index contributed by atoms with van der Waals surface area (Å²) < 4.78 is 22.8. The van der Waals surface area contributed by atoms with Crippen molar-refractivity contribution in [1.82, 2.24) is 5.32 Å². The van der Waals surface area contributed by atoms with E-state index in [2.05, 4.69) is 5.32 Å². The molecule has 0 heterocycles. The second-order valence-corrected chi connectivity index (χ2v) is 7.45. The second kappa shape index (κ2) is 6.28. The number of hydrogen-bond donors (Lipinski definition) is 1. The first-order valence-electron chi connectivity index (χ1n) is 5.33. The molecule has 0 saturated carbocycles. The lowest BCUT2D eigenvalue weighted by Crippen LogP contribution is -2.30. The van der Waals surface area contributed by atoms with Crippen LogP contribution in [0.3, 0.4) is 0 Å². The van der Waals surface area contributed by atoms with E-state index in [1.165, 1.54) is 0 Å². The van der Waals surface area contributed by atoms with Crippen LogP contribution in [-0.2, 0) is 9.84 Å². The Hall–Kier alpha value is -0.350. The minimum absolute atomic E-state index is 0.243. The van der Waals surface area contributed by atoms with E-state index in [1.807, 2.05) is 19.2 Å². The lowest BCUT2D eigenvalue weighted by atomic mass is 10.3. The Bertz CT molecular complexity index is 286. The summed E-state index contributed by atoms with van der Waals surface area (Å²) in [6, 6.07) is 0. The summed E-state index contributed by atoms with van der Waals surface area (Å²) in [5, 5.41) is 3.03. The molecule has 0 radical (unpaired) electrons. The van der Waals surface area contributed by atoms with Crippen molar-refractivity contribution in [2.45, 2.75) is 38.4 Å². The van der Waals surface area contributed by atoms with Gasteiger partial charge in [-0.3, -0.25) is 0 Å². The highest BCUT2D eigenvalue weighted by atomic mass is 32.2. The van der Waals surface area contributed by atoms with E-state index in [1.54, 1.807) is 20.8 Å². The Morgan fingerprint density at radius 3 is 2.13 bits per heavy atom. The van der Waals surface area contributed by atoms with E-state index < -0.39 is 14.6 Å². The normalized spacial score (nSPS) is 13.6. The Morgan fingerprint density at radius 2 is 1.67 bits per heavy atom. The molecule has 0 aliphatic rings. The van der Waals surface area contributed by atoms with Gasteiger partial charge in [0.1, 0.15) is 0 Å². The molecule has 0 bridgehead atoms. The van der Waals surface area contributed by atoms with E-state index in [0.29, 0.717) is 6.42 Å². The van der Waals surface area contributed by atoms with Crippen molar-refractivity contribution < 1.29 is 8.42 Å². The Kier molecular flexibility index (Phi) is 6.13. The summed E-state index contributed by atoms with van der Waals surface area (Å²) in [5.41, 5.74) is 0. The van der Waals surface area contributed by atoms with Gasteiger partial charge in [0.2, 0.25) is 0 Å². The molecule has 0 atom stereocenters. The highest BCUT2D eigenvalue weighted by molar-refractivity contribution is 7.92. The highest BCUT2D eigenvalue weighted by Gasteiger charge is 2.27. The molecule has 1 N–H and O–H groups in total. The summed E-state index contributed by atoms with van der Waals surface area (Å²) >= 11 is 0. The van der Waals surface area contributed by atoms with Gasteiger partial charge in [0.05, 0.1) is 10.5 Å². The van der Waals surface area contributed by atoms with E-state index in [4.69, 9.17) is 0 Å². The van der Waals surface area contributed by atoms with Gasteiger partial charge in [-0.15, -0.1) is 0 Å². The van der Waals surface area contributed by atoms with Crippen molar-refractivity contribution in [3.63, 3.8) is 0 Å². The molecule has 4 heteroatoms. The van der Waals surface area contributed by atoms with Crippen LogP contribution in [-0.4, -0.2) is 32.5 Å². The number of allylic oxidation sites excluding steroid dienone is 1. The Morgan fingerprint density at radius 1 is 1.13 bits per heavy atom. The lowest BCUT2D eigenvalue weighted by Gasteiger charge is -2.18. The molecule has 0 amide bonds. The quantitative estimate of drug-likeness (QED) is 0.561. The summed E-state index contributed by atoms with van der Waals surface area (Å²) in [5.74, 6) is 0.243. The van der Waals surface area contributed by atoms with Crippen LogP contribution in [0.1, 0.15) is 33.6 Å². The first-order valence-corrected chi connectivity index (χ1v) is 6.98. The van der Waals surface area contributed by atoms with Crippen LogP contribution in [0.15, 0.2) is 12.2 Å². The maximum Gasteiger partial charge on any atom is 0.155 e. The van der Waals surface area contributed by atoms with Crippen molar-refractivity contribution in [2.24, 2.45) is 0 Å². The van der Waals surface area contributed by atoms with E-state index in [0.717, 1.165) is 13.0 Å². The fourth-order valence-electron chi connectivity index (χ4n) is 0.993. The van der Waals surface area contributed by atoms with Crippen molar-refractivity contribution >= 4 is 9.84 Å². The number of rotatable bonds is 6. The van der Waals surface area contributed by atoms with Crippen molar-refractivity contribution in [1.29, 1.82) is 0 Å². The summed E-state index contributed by atoms with van der Waals surface area (Å²) in [4.78, 5) is 0. The zero-order valence-corrected chi connectivity index (χ0v) is 11.0. The SMILES string of the molecule is CNCC/C=C/CCS(=O)(=O)C(C)(C)C. The molecule has 0 saturated heterocycles. The average molecular weight is 233 g/mol. The largest absolute Gasteiger partial charge is 0.319 e. The van der Waals surface area contributed by atoms with Gasteiger partial charge < -0.3 is 5.32 Å². The third-order valence-electron chi connectivity index (χ3n) is 2.21. The van der Waals surface area contributed by atoms with Crippen LogP contribution >= 0.6 is 0 Å². The predicted octanol–water partition coefficient (Wildman–Crippen LogP) is 1.76. The van der Waals surface area contributed by atoms with Gasteiger partial charge in [0.15, 0.2) is 9.84 Å². The van der Waals surface area contributed by atoms with Gasteiger partial charge in [-0.2, -0.15) is 0 Å². The molecule has 0 fully saturated rings. The molecular weight excluding hydrogens is 210 g/mol. The van der Waals surface area contributed by atoms with Crippen LogP contribution in [0.5, 0.6) is 0 Å². The van der Waals surface area contributed by atoms with Crippen molar-refractivity contribution in [3.8, 4) is 0 Å².